The van der Waals surface area contributed by atoms with Gasteiger partial charge >= 0.3 is 0 Å². The van der Waals surface area contributed by atoms with Crippen molar-refractivity contribution in [2.24, 2.45) is 0 Å². The van der Waals surface area contributed by atoms with Crippen molar-refractivity contribution in [2.45, 2.75) is 19.5 Å². The van der Waals surface area contributed by atoms with Gasteiger partial charge in [-0.25, -0.2) is 0 Å². The number of amides is 3. The summed E-state index contributed by atoms with van der Waals surface area (Å²) in [4.78, 5) is 39.7. The Labute approximate surface area is 203 Å². The van der Waals surface area contributed by atoms with E-state index in [9.17, 15) is 14.4 Å². The maximum absolute atomic E-state index is 12.9. The zero-order valence-corrected chi connectivity index (χ0v) is 19.1. The van der Waals surface area contributed by atoms with Gasteiger partial charge in [-0.3, -0.25) is 24.0 Å². The molecule has 3 amide bonds. The minimum Gasteiger partial charge on any atom is -0.348 e. The number of nitrogens with zero attached hydrogens (tertiary/aromatic N) is 3. The van der Waals surface area contributed by atoms with Gasteiger partial charge in [0.05, 0.1) is 17.7 Å². The number of benzene rings is 3. The first-order chi connectivity index (χ1) is 17.1. The van der Waals surface area contributed by atoms with E-state index in [0.717, 1.165) is 16.7 Å². The molecule has 0 fully saturated rings. The van der Waals surface area contributed by atoms with Crippen molar-refractivity contribution in [3.8, 4) is 0 Å². The van der Waals surface area contributed by atoms with Gasteiger partial charge in [-0.1, -0.05) is 54.6 Å². The van der Waals surface area contributed by atoms with Gasteiger partial charge in [0.15, 0.2) is 0 Å². The zero-order valence-electron chi connectivity index (χ0n) is 19.1. The Kier molecular flexibility index (Phi) is 6.22. The van der Waals surface area contributed by atoms with Crippen LogP contribution in [-0.2, 0) is 19.5 Å². The minimum absolute atomic E-state index is 0.275. The summed E-state index contributed by atoms with van der Waals surface area (Å²) in [6.45, 7) is 1.29. The number of hydrogen-bond donors (Lipinski definition) is 1. The lowest BCUT2D eigenvalue weighted by molar-refractivity contribution is 0.0656. The zero-order chi connectivity index (χ0) is 24.2. The Morgan fingerprint density at radius 2 is 1.57 bits per heavy atom. The topological polar surface area (TPSA) is 84.3 Å². The molecule has 7 nitrogen and oxygen atoms in total. The number of aromatic nitrogens is 2. The predicted molar refractivity (Wildman–Crippen MR) is 131 cm³/mol. The average Bonchev–Trinajstić information content (AvgIpc) is 3.48. The Balaban J connectivity index is 1.23. The highest BCUT2D eigenvalue weighted by Gasteiger charge is 2.35. The van der Waals surface area contributed by atoms with E-state index in [1.807, 2.05) is 71.5 Å². The maximum atomic E-state index is 12.9. The van der Waals surface area contributed by atoms with Crippen LogP contribution in [0.2, 0.25) is 0 Å². The van der Waals surface area contributed by atoms with Gasteiger partial charge in [-0.2, -0.15) is 5.10 Å². The SMILES string of the molecule is O=C(NCc1cccc(Cn2cccn2)c1)c1ccc2c(c1)C(=O)N(CCc1ccccc1)C2=O. The summed E-state index contributed by atoms with van der Waals surface area (Å²) < 4.78 is 1.84. The fourth-order valence-corrected chi connectivity index (χ4v) is 4.22. The molecule has 0 aliphatic carbocycles. The van der Waals surface area contributed by atoms with Crippen molar-refractivity contribution < 1.29 is 14.4 Å². The van der Waals surface area contributed by atoms with E-state index < -0.39 is 0 Å². The van der Waals surface area contributed by atoms with Crippen molar-refractivity contribution in [1.29, 1.82) is 0 Å². The summed E-state index contributed by atoms with van der Waals surface area (Å²) >= 11 is 0. The normalized spacial score (nSPS) is 12.6. The quantitative estimate of drug-likeness (QED) is 0.403. The smallest absolute Gasteiger partial charge is 0.261 e. The average molecular weight is 465 g/mol. The third-order valence-electron chi connectivity index (χ3n) is 6.05. The lowest BCUT2D eigenvalue weighted by Gasteiger charge is -2.13. The molecule has 0 saturated heterocycles. The van der Waals surface area contributed by atoms with Gasteiger partial charge in [0, 0.05) is 31.0 Å². The number of imide groups is 1. The highest BCUT2D eigenvalue weighted by Crippen LogP contribution is 2.24. The molecule has 0 unspecified atom stereocenters. The van der Waals surface area contributed by atoms with Crippen molar-refractivity contribution >= 4 is 17.7 Å². The number of fused-ring (bicyclic) bond motifs is 1. The third kappa shape index (κ3) is 4.89. The Morgan fingerprint density at radius 3 is 2.37 bits per heavy atom. The lowest BCUT2D eigenvalue weighted by atomic mass is 10.1. The van der Waals surface area contributed by atoms with Gasteiger partial charge in [0.1, 0.15) is 0 Å². The minimum atomic E-state index is -0.359. The third-order valence-corrected chi connectivity index (χ3v) is 6.05. The standard InChI is InChI=1S/C28H24N4O3/c33-26(29-18-21-8-4-9-22(16-21)19-31-14-5-13-30-31)23-10-11-24-25(17-23)28(35)32(27(24)34)15-12-20-6-2-1-3-7-20/h1-11,13-14,16-17H,12,15,18-19H2,(H,29,33). The van der Waals surface area contributed by atoms with E-state index in [0.29, 0.717) is 37.2 Å². The van der Waals surface area contributed by atoms with E-state index in [4.69, 9.17) is 0 Å². The van der Waals surface area contributed by atoms with Crippen molar-refractivity contribution in [3.05, 3.63) is 125 Å². The summed E-state index contributed by atoms with van der Waals surface area (Å²) in [6, 6.07) is 24.2. The summed E-state index contributed by atoms with van der Waals surface area (Å²) in [5.74, 6) is -0.975. The molecule has 1 aromatic heterocycles. The molecule has 2 heterocycles. The molecule has 4 aromatic rings. The van der Waals surface area contributed by atoms with E-state index in [-0.39, 0.29) is 23.3 Å². The highest BCUT2D eigenvalue weighted by atomic mass is 16.2. The van der Waals surface area contributed by atoms with Crippen LogP contribution in [-0.4, -0.2) is 38.9 Å². The fourth-order valence-electron chi connectivity index (χ4n) is 4.22. The monoisotopic (exact) mass is 464 g/mol. The molecule has 1 aliphatic rings. The molecule has 3 aromatic carbocycles. The number of nitrogens with one attached hydrogen (secondary N) is 1. The van der Waals surface area contributed by atoms with Gasteiger partial charge in [0.25, 0.3) is 17.7 Å². The molecule has 1 aliphatic heterocycles. The van der Waals surface area contributed by atoms with Crippen LogP contribution in [0.4, 0.5) is 0 Å². The molecular weight excluding hydrogens is 440 g/mol. The fraction of sp³-hybridized carbons (Fsp3) is 0.143. The molecule has 0 atom stereocenters. The van der Waals surface area contributed by atoms with Crippen molar-refractivity contribution in [1.82, 2.24) is 20.0 Å². The van der Waals surface area contributed by atoms with Crippen LogP contribution < -0.4 is 5.32 Å². The van der Waals surface area contributed by atoms with Crippen molar-refractivity contribution in [3.63, 3.8) is 0 Å². The van der Waals surface area contributed by atoms with E-state index >= 15 is 0 Å². The second kappa shape index (κ2) is 9.77. The van der Waals surface area contributed by atoms with Gasteiger partial charge < -0.3 is 5.32 Å². The Morgan fingerprint density at radius 1 is 0.800 bits per heavy atom. The predicted octanol–water partition coefficient (Wildman–Crippen LogP) is 3.70. The Bertz CT molecular complexity index is 1380. The Hall–Kier alpha value is -4.52. The van der Waals surface area contributed by atoms with Crippen LogP contribution >= 0.6 is 0 Å². The molecular formula is C28H24N4O3. The molecule has 0 spiro atoms. The number of carbonyl (C=O) groups excluding carboxylic acids is 3. The highest BCUT2D eigenvalue weighted by molar-refractivity contribution is 6.22. The second-order valence-corrected chi connectivity index (χ2v) is 8.46. The molecule has 7 heteroatoms. The second-order valence-electron chi connectivity index (χ2n) is 8.46. The molecule has 5 rings (SSSR count). The van der Waals surface area contributed by atoms with Crippen molar-refractivity contribution in [2.75, 3.05) is 6.54 Å². The largest absolute Gasteiger partial charge is 0.348 e. The summed E-state index contributed by atoms with van der Waals surface area (Å²) in [6.07, 6.45) is 4.22. The lowest BCUT2D eigenvalue weighted by Crippen LogP contribution is -2.31. The van der Waals surface area contributed by atoms with Crippen LogP contribution in [0, 0.1) is 0 Å². The van der Waals surface area contributed by atoms with Gasteiger partial charge in [-0.15, -0.1) is 0 Å². The number of carbonyl (C=O) groups is 3. The first kappa shape index (κ1) is 22.3. The number of hydrogen-bond acceptors (Lipinski definition) is 4. The van der Waals surface area contributed by atoms with Crippen LogP contribution in [0.5, 0.6) is 0 Å². The van der Waals surface area contributed by atoms with Crippen LogP contribution in [0.3, 0.4) is 0 Å². The van der Waals surface area contributed by atoms with Crippen LogP contribution in [0.15, 0.2) is 91.3 Å². The van der Waals surface area contributed by atoms with Crippen LogP contribution in [0.1, 0.15) is 47.8 Å². The van der Waals surface area contributed by atoms with Gasteiger partial charge in [-0.05, 0) is 47.4 Å². The maximum Gasteiger partial charge on any atom is 0.261 e. The first-order valence-corrected chi connectivity index (χ1v) is 11.5. The number of rotatable bonds is 8. The summed E-state index contributed by atoms with van der Waals surface area (Å²) in [5, 5.41) is 7.12. The summed E-state index contributed by atoms with van der Waals surface area (Å²) in [7, 11) is 0. The molecule has 0 bridgehead atoms. The molecule has 174 valence electrons. The van der Waals surface area contributed by atoms with Gasteiger partial charge in [0.2, 0.25) is 0 Å². The molecule has 35 heavy (non-hydrogen) atoms. The summed E-state index contributed by atoms with van der Waals surface area (Å²) in [5.41, 5.74) is 4.06. The van der Waals surface area contributed by atoms with E-state index in [2.05, 4.69) is 10.4 Å². The molecule has 1 N–H and O–H groups in total. The molecule has 0 saturated carbocycles. The first-order valence-electron chi connectivity index (χ1n) is 11.5. The van der Waals surface area contributed by atoms with E-state index in [1.54, 1.807) is 18.3 Å². The van der Waals surface area contributed by atoms with E-state index in [1.165, 1.54) is 11.0 Å². The van der Waals surface area contributed by atoms with Crippen LogP contribution in [0.25, 0.3) is 0 Å². The molecule has 0 radical (unpaired) electrons.